The normalized spacial score (nSPS) is 16.7. The van der Waals surface area contributed by atoms with E-state index in [1.54, 1.807) is 30.3 Å². The van der Waals surface area contributed by atoms with Gasteiger partial charge in [-0.3, -0.25) is 0 Å². The van der Waals surface area contributed by atoms with Gasteiger partial charge in [0.1, 0.15) is 0 Å². The first-order valence-corrected chi connectivity index (χ1v) is 17.6. The van der Waals surface area contributed by atoms with Crippen molar-refractivity contribution in [3.63, 3.8) is 0 Å². The van der Waals surface area contributed by atoms with Crippen molar-refractivity contribution in [2.75, 3.05) is 19.8 Å². The first kappa shape index (κ1) is 35.4. The second-order valence-electron chi connectivity index (χ2n) is 11.3. The van der Waals surface area contributed by atoms with Gasteiger partial charge in [-0.1, -0.05) is 6.07 Å². The summed E-state index contributed by atoms with van der Waals surface area (Å²) in [5, 5.41) is 0. The topological polar surface area (TPSA) is 66.0 Å². The van der Waals surface area contributed by atoms with E-state index in [2.05, 4.69) is 10.6 Å². The van der Waals surface area contributed by atoms with Crippen molar-refractivity contribution in [2.24, 2.45) is 0 Å². The van der Waals surface area contributed by atoms with Gasteiger partial charge in [0.2, 0.25) is 0 Å². The van der Waals surface area contributed by atoms with Gasteiger partial charge in [-0.05, 0) is 0 Å². The minimum atomic E-state index is -4.80. The number of rotatable bonds is 12. The summed E-state index contributed by atoms with van der Waals surface area (Å²) in [6.07, 6.45) is -2.58. The molecular weight excluding hydrogens is 598 g/mol. The monoisotopic (exact) mass is 640 g/mol. The molecule has 2 unspecified atom stereocenters. The first-order chi connectivity index (χ1) is 20.2. The molecule has 3 rings (SSSR count). The number of unbranched alkanes of at least 4 members (excludes halogenated alkanes) is 1. The molecule has 0 aromatic heterocycles. The number of alkyl halides is 3. The Bertz CT molecular complexity index is 1390. The average molecular weight is 641 g/mol. The fourth-order valence-corrected chi connectivity index (χ4v) is 7.74. The summed E-state index contributed by atoms with van der Waals surface area (Å²) in [7, 11) is -1.13. The van der Waals surface area contributed by atoms with Crippen molar-refractivity contribution in [3.05, 3.63) is 58.7 Å². The third kappa shape index (κ3) is 9.20. The van der Waals surface area contributed by atoms with Crippen LogP contribution in [-0.4, -0.2) is 49.4 Å². The first-order valence-electron chi connectivity index (χ1n) is 14.4. The maximum absolute atomic E-state index is 15.0. The van der Waals surface area contributed by atoms with E-state index in [4.69, 9.17) is 25.7 Å². The second kappa shape index (κ2) is 15.3. The van der Waals surface area contributed by atoms with Crippen LogP contribution < -0.4 is 14.2 Å². The second-order valence-corrected chi connectivity index (χ2v) is 16.5. The Hall–Kier alpha value is -2.12. The number of para-hydroxylation sites is 1. The van der Waals surface area contributed by atoms with E-state index >= 15 is 13.2 Å². The number of hydrogen-bond donors (Lipinski definition) is 1. The van der Waals surface area contributed by atoms with E-state index in [1.165, 1.54) is 13.0 Å². The molecule has 0 bridgehead atoms. The van der Waals surface area contributed by atoms with Gasteiger partial charge < -0.3 is 0 Å². The van der Waals surface area contributed by atoms with E-state index in [1.807, 2.05) is 27.7 Å². The van der Waals surface area contributed by atoms with Gasteiger partial charge in [-0.2, -0.15) is 0 Å². The Morgan fingerprint density at radius 1 is 1.21 bits per heavy atom. The van der Waals surface area contributed by atoms with Crippen LogP contribution in [0.2, 0.25) is 0 Å². The predicted molar refractivity (Wildman–Crippen MR) is 171 cm³/mol. The van der Waals surface area contributed by atoms with Gasteiger partial charge in [0.05, 0.1) is 0 Å². The number of benzene rings is 2. The summed E-state index contributed by atoms with van der Waals surface area (Å²) < 4.78 is 70.8. The zero-order chi connectivity index (χ0) is 31.8. The third-order valence-corrected chi connectivity index (χ3v) is 12.9. The van der Waals surface area contributed by atoms with Gasteiger partial charge in [-0.15, -0.1) is 0 Å². The summed E-state index contributed by atoms with van der Waals surface area (Å²) in [6.45, 7) is 17.1. The quantitative estimate of drug-likeness (QED) is 0.0890. The molecule has 1 radical (unpaired) electrons. The molecular formula is C31H42BF3NO5S2. The van der Waals surface area contributed by atoms with Crippen LogP contribution in [0.4, 0.5) is 13.2 Å². The Morgan fingerprint density at radius 2 is 1.86 bits per heavy atom. The number of halogens is 3. The van der Waals surface area contributed by atoms with Gasteiger partial charge in [-0.25, -0.2) is 0 Å². The van der Waals surface area contributed by atoms with Crippen LogP contribution >= 0.6 is 0 Å². The average Bonchev–Trinajstić information content (AvgIpc) is 2.94. The Balaban J connectivity index is 2.22. The molecule has 0 spiro atoms. The van der Waals surface area contributed by atoms with E-state index in [0.29, 0.717) is 26.1 Å². The summed E-state index contributed by atoms with van der Waals surface area (Å²) in [5.41, 5.74) is -1.53. The fraction of sp³-hybridized carbons (Fsp3) is 0.548. The number of nitrogens with one attached hydrogen (secondary N) is 1. The molecule has 0 aliphatic carbocycles. The molecule has 6 nitrogen and oxygen atoms in total. The van der Waals surface area contributed by atoms with Crippen molar-refractivity contribution in [1.82, 2.24) is 4.72 Å². The minimum absolute atomic E-state index is 0.0301. The molecule has 2 aromatic rings. The van der Waals surface area contributed by atoms with Crippen molar-refractivity contribution in [1.29, 1.82) is 0 Å². The Kier molecular flexibility index (Phi) is 12.5. The summed E-state index contributed by atoms with van der Waals surface area (Å²) >= 11 is 0. The molecule has 1 N–H and O–H groups in total. The molecule has 2 atom stereocenters. The fourth-order valence-electron chi connectivity index (χ4n) is 4.69. The molecule has 12 heteroatoms. The van der Waals surface area contributed by atoms with E-state index in [9.17, 15) is 4.79 Å². The Morgan fingerprint density at radius 3 is 2.42 bits per heavy atom. The van der Waals surface area contributed by atoms with Crippen LogP contribution in [0.1, 0.15) is 92.9 Å². The summed E-state index contributed by atoms with van der Waals surface area (Å²) in [4.78, 5) is 13.4. The van der Waals surface area contributed by atoms with E-state index in [-0.39, 0.29) is 41.2 Å². The zero-order valence-electron chi connectivity index (χ0n) is 25.6. The van der Waals surface area contributed by atoms with Gasteiger partial charge in [0.15, 0.2) is 0 Å². The van der Waals surface area contributed by atoms with Crippen LogP contribution in [0.25, 0.3) is 0 Å². The number of carbonyl (C=O) groups is 1. The molecule has 1 fully saturated rings. The predicted octanol–water partition coefficient (Wildman–Crippen LogP) is 6.97. The van der Waals surface area contributed by atoms with Crippen LogP contribution in [0, 0.1) is 6.92 Å². The summed E-state index contributed by atoms with van der Waals surface area (Å²) in [6, 6.07) is 8.65. The van der Waals surface area contributed by atoms with E-state index in [0.717, 1.165) is 22.8 Å². The number of carbonyl (C=O) groups excluding carboxylic acids is 1. The standard InChI is InChI=1S/C31H42BF3NO5S2/c1-7-8-17-38-25-20-23(24(15-16-26-39-18-12-19-40-26)36-43(32,42-6)30(3,4)5)28(31(33,34)35)21(2)27(25)29(37)41-22-13-10-9-11-14-22/h9-11,13-14,20,24,26,36H,6-8,12,15-19H2,1-5H3. The number of ether oxygens (including phenoxy) is 4. The van der Waals surface area contributed by atoms with Crippen molar-refractivity contribution < 1.29 is 36.9 Å². The SMILES string of the molecule is [B]=S(NC(CCC1OCCCO1)c1cc(OCCCC)c(C(=O)Oc2ccccc2)c(C)c1C(F)(F)F)(=S=C)C(C)(C)C. The molecule has 1 saturated heterocycles. The van der Waals surface area contributed by atoms with Crippen LogP contribution in [0.15, 0.2) is 36.4 Å². The van der Waals surface area contributed by atoms with Gasteiger partial charge in [0, 0.05) is 0 Å². The molecule has 0 amide bonds. The van der Waals surface area contributed by atoms with Crippen LogP contribution in [-0.2, 0) is 33.8 Å². The van der Waals surface area contributed by atoms with Crippen molar-refractivity contribution in [3.8, 4) is 11.5 Å². The molecule has 1 aliphatic heterocycles. The van der Waals surface area contributed by atoms with Crippen LogP contribution in [0.5, 0.6) is 11.5 Å². The van der Waals surface area contributed by atoms with Crippen molar-refractivity contribution >= 4 is 36.7 Å². The summed E-state index contributed by atoms with van der Waals surface area (Å²) in [5.74, 6) is 3.28. The number of hydrogen-bond acceptors (Lipinski definition) is 5. The molecule has 237 valence electrons. The molecule has 43 heavy (non-hydrogen) atoms. The van der Waals surface area contributed by atoms with Gasteiger partial charge >= 0.3 is 252 Å². The van der Waals surface area contributed by atoms with E-state index < -0.39 is 43.0 Å². The third-order valence-electron chi connectivity index (χ3n) is 7.14. The zero-order valence-corrected chi connectivity index (χ0v) is 27.2. The number of esters is 1. The van der Waals surface area contributed by atoms with Crippen LogP contribution in [0.3, 0.4) is 0 Å². The molecule has 1 heterocycles. The van der Waals surface area contributed by atoms with Gasteiger partial charge in [0.25, 0.3) is 0 Å². The Labute approximate surface area is 257 Å². The van der Waals surface area contributed by atoms with Crippen molar-refractivity contribution in [2.45, 2.75) is 90.0 Å². The molecule has 2 aromatic carbocycles. The molecule has 1 aliphatic rings. The molecule has 0 saturated carbocycles. The maximum atomic E-state index is 15.0.